The lowest BCUT2D eigenvalue weighted by molar-refractivity contribution is -0.139. The number of fused-ring (bicyclic) bond motifs is 1. The number of Topliss-reactive ketones (excluding diaryl/α,β-unsaturated/α-hetero) is 1. The van der Waals surface area contributed by atoms with Gasteiger partial charge in [0.15, 0.2) is 5.78 Å². The van der Waals surface area contributed by atoms with Gasteiger partial charge in [0.05, 0.1) is 16.1 Å². The summed E-state index contributed by atoms with van der Waals surface area (Å²) in [6.07, 6.45) is -2.23. The molecule has 2 aromatic rings. The summed E-state index contributed by atoms with van der Waals surface area (Å²) in [6, 6.07) is 4.54. The van der Waals surface area contributed by atoms with Gasteiger partial charge in [-0.15, -0.1) is 0 Å². The number of nitrogens with zero attached hydrogens (tertiary/aromatic N) is 1. The van der Waals surface area contributed by atoms with Gasteiger partial charge in [-0.2, -0.15) is 13.2 Å². The molecule has 28 heavy (non-hydrogen) atoms. The molecular weight excluding hydrogens is 398 g/mol. The second-order valence-electron chi connectivity index (χ2n) is 7.98. The summed E-state index contributed by atoms with van der Waals surface area (Å²) in [7, 11) is 0. The van der Waals surface area contributed by atoms with E-state index in [1.807, 2.05) is 0 Å². The smallest absolute Gasteiger partial charge is 0.390 e. The van der Waals surface area contributed by atoms with E-state index in [-0.39, 0.29) is 65.8 Å². The van der Waals surface area contributed by atoms with E-state index in [2.05, 4.69) is 0 Å². The van der Waals surface area contributed by atoms with Crippen LogP contribution in [0, 0.1) is 0 Å². The van der Waals surface area contributed by atoms with Crippen LogP contribution >= 0.6 is 11.6 Å². The maximum Gasteiger partial charge on any atom is 0.406 e. The molecule has 0 atom stereocenters. The van der Waals surface area contributed by atoms with Crippen LogP contribution in [-0.4, -0.2) is 32.9 Å². The third-order valence-electron chi connectivity index (χ3n) is 5.55. The van der Waals surface area contributed by atoms with Crippen LogP contribution < -0.4 is 0 Å². The first-order chi connectivity index (χ1) is 12.9. The van der Waals surface area contributed by atoms with Crippen LogP contribution in [-0.2, 0) is 6.54 Å². The predicted molar refractivity (Wildman–Crippen MR) is 99.5 cm³/mol. The molecule has 1 aromatic carbocycles. The first-order valence-corrected chi connectivity index (χ1v) is 9.56. The number of benzene rings is 1. The number of rotatable bonds is 5. The zero-order chi connectivity index (χ0) is 20.7. The summed E-state index contributed by atoms with van der Waals surface area (Å²) in [6.45, 7) is 0.269. The molecule has 0 saturated heterocycles. The first-order valence-electron chi connectivity index (χ1n) is 9.18. The van der Waals surface area contributed by atoms with Gasteiger partial charge in [-0.3, -0.25) is 4.79 Å². The molecular formula is C20H22ClF4NO2. The number of aliphatic hydroxyl groups is 1. The van der Waals surface area contributed by atoms with Gasteiger partial charge in [-0.05, 0) is 51.2 Å². The fourth-order valence-corrected chi connectivity index (χ4v) is 4.08. The van der Waals surface area contributed by atoms with Crippen molar-refractivity contribution in [2.45, 2.75) is 69.4 Å². The average molecular weight is 420 g/mol. The Morgan fingerprint density at radius 3 is 2.50 bits per heavy atom. The standard InChI is InChI=1S/C20H22ClF4NO2/c1-18(22)7-9-19(28,10-8-18)6-5-16(27)13-11-26(12-20(23,24)25)15-4-2-3-14(21)17(13)15/h2-4,11,28H,5-10,12H2,1H3. The molecule has 0 bridgehead atoms. The number of halogens is 5. The van der Waals surface area contributed by atoms with E-state index >= 15 is 0 Å². The maximum absolute atomic E-state index is 13.9. The topological polar surface area (TPSA) is 42.2 Å². The number of carbonyl (C=O) groups is 1. The largest absolute Gasteiger partial charge is 0.406 e. The van der Waals surface area contributed by atoms with E-state index in [9.17, 15) is 27.5 Å². The zero-order valence-electron chi connectivity index (χ0n) is 15.5. The van der Waals surface area contributed by atoms with Gasteiger partial charge in [0.2, 0.25) is 0 Å². The van der Waals surface area contributed by atoms with E-state index in [0.29, 0.717) is 0 Å². The van der Waals surface area contributed by atoms with Crippen molar-refractivity contribution < 1.29 is 27.5 Å². The summed E-state index contributed by atoms with van der Waals surface area (Å²) < 4.78 is 53.6. The highest BCUT2D eigenvalue weighted by molar-refractivity contribution is 6.37. The van der Waals surface area contributed by atoms with Crippen molar-refractivity contribution in [3.8, 4) is 0 Å². The van der Waals surface area contributed by atoms with E-state index in [1.165, 1.54) is 31.3 Å². The van der Waals surface area contributed by atoms with Crippen LogP contribution in [0.2, 0.25) is 5.02 Å². The van der Waals surface area contributed by atoms with Gasteiger partial charge in [0.1, 0.15) is 12.2 Å². The highest BCUT2D eigenvalue weighted by Crippen LogP contribution is 2.40. The molecule has 1 N–H and O–H groups in total. The van der Waals surface area contributed by atoms with Crippen molar-refractivity contribution in [1.29, 1.82) is 0 Å². The van der Waals surface area contributed by atoms with E-state index in [1.54, 1.807) is 0 Å². The van der Waals surface area contributed by atoms with Gasteiger partial charge >= 0.3 is 6.18 Å². The molecule has 154 valence electrons. The maximum atomic E-state index is 13.9. The second kappa shape index (κ2) is 7.34. The Morgan fingerprint density at radius 1 is 1.25 bits per heavy atom. The van der Waals surface area contributed by atoms with Crippen LogP contribution in [0.5, 0.6) is 0 Å². The number of alkyl halides is 4. The zero-order valence-corrected chi connectivity index (χ0v) is 16.2. The number of aromatic nitrogens is 1. The average Bonchev–Trinajstić information content (AvgIpc) is 2.94. The molecule has 3 nitrogen and oxygen atoms in total. The summed E-state index contributed by atoms with van der Waals surface area (Å²) in [5.74, 6) is -0.388. The van der Waals surface area contributed by atoms with Crippen molar-refractivity contribution in [2.24, 2.45) is 0 Å². The second-order valence-corrected chi connectivity index (χ2v) is 8.39. The van der Waals surface area contributed by atoms with Crippen LogP contribution in [0.4, 0.5) is 17.6 Å². The molecule has 0 aliphatic heterocycles. The van der Waals surface area contributed by atoms with Crippen molar-refractivity contribution in [3.63, 3.8) is 0 Å². The number of hydrogen-bond donors (Lipinski definition) is 1. The van der Waals surface area contributed by atoms with E-state index in [4.69, 9.17) is 11.6 Å². The number of carbonyl (C=O) groups excluding carboxylic acids is 1. The Balaban J connectivity index is 1.82. The highest BCUT2D eigenvalue weighted by atomic mass is 35.5. The number of ketones is 1. The van der Waals surface area contributed by atoms with Gasteiger partial charge in [0.25, 0.3) is 0 Å². The fourth-order valence-electron chi connectivity index (χ4n) is 3.81. The summed E-state index contributed by atoms with van der Waals surface area (Å²) >= 11 is 6.16. The molecule has 0 amide bonds. The molecule has 0 radical (unpaired) electrons. The molecule has 1 aromatic heterocycles. The Labute approximate surface area is 165 Å². The van der Waals surface area contributed by atoms with Gasteiger partial charge in [-0.25, -0.2) is 4.39 Å². The molecule has 1 aliphatic rings. The molecule has 3 rings (SSSR count). The molecule has 1 saturated carbocycles. The molecule has 0 spiro atoms. The summed E-state index contributed by atoms with van der Waals surface area (Å²) in [5.41, 5.74) is -2.10. The van der Waals surface area contributed by atoms with Crippen molar-refractivity contribution in [2.75, 3.05) is 0 Å². The lowest BCUT2D eigenvalue weighted by Gasteiger charge is -2.37. The Bertz CT molecular complexity index is 878. The van der Waals surface area contributed by atoms with Crippen LogP contribution in [0.15, 0.2) is 24.4 Å². The highest BCUT2D eigenvalue weighted by Gasteiger charge is 2.39. The van der Waals surface area contributed by atoms with Crippen molar-refractivity contribution in [1.82, 2.24) is 4.57 Å². The minimum Gasteiger partial charge on any atom is -0.390 e. The molecule has 1 aliphatic carbocycles. The Kier molecular flexibility index (Phi) is 5.53. The first kappa shape index (κ1) is 21.1. The van der Waals surface area contributed by atoms with Crippen molar-refractivity contribution >= 4 is 28.3 Å². The Morgan fingerprint density at radius 2 is 1.89 bits per heavy atom. The fraction of sp³-hybridized carbons (Fsp3) is 0.550. The van der Waals surface area contributed by atoms with Gasteiger partial charge < -0.3 is 9.67 Å². The van der Waals surface area contributed by atoms with Gasteiger partial charge in [0, 0.05) is 23.6 Å². The monoisotopic (exact) mass is 419 g/mol. The predicted octanol–water partition coefficient (Wildman–Crippen LogP) is 5.85. The minimum atomic E-state index is -4.44. The van der Waals surface area contributed by atoms with E-state index in [0.717, 1.165) is 4.57 Å². The SMILES string of the molecule is CC1(F)CCC(O)(CCC(=O)c2cn(CC(F)(F)F)c3cccc(Cl)c23)CC1. The molecule has 8 heteroatoms. The van der Waals surface area contributed by atoms with Crippen LogP contribution in [0.25, 0.3) is 10.9 Å². The summed E-state index contributed by atoms with van der Waals surface area (Å²) in [5, 5.41) is 11.1. The quantitative estimate of drug-likeness (QED) is 0.487. The third kappa shape index (κ3) is 4.69. The molecule has 0 unspecified atom stereocenters. The lowest BCUT2D eigenvalue weighted by Crippen LogP contribution is -2.39. The molecule has 1 fully saturated rings. The van der Waals surface area contributed by atoms with Gasteiger partial charge in [-0.1, -0.05) is 17.7 Å². The lowest BCUT2D eigenvalue weighted by atomic mass is 9.75. The number of hydrogen-bond acceptors (Lipinski definition) is 2. The van der Waals surface area contributed by atoms with Crippen LogP contribution in [0.1, 0.15) is 55.8 Å². The summed E-state index contributed by atoms with van der Waals surface area (Å²) in [4.78, 5) is 12.8. The Hall–Kier alpha value is -1.60. The normalized spacial score (nSPS) is 26.0. The molecule has 1 heterocycles. The van der Waals surface area contributed by atoms with E-state index < -0.39 is 24.0 Å². The van der Waals surface area contributed by atoms with Crippen molar-refractivity contribution in [3.05, 3.63) is 35.0 Å². The third-order valence-corrected chi connectivity index (χ3v) is 5.86. The van der Waals surface area contributed by atoms with Crippen LogP contribution in [0.3, 0.4) is 0 Å². The minimum absolute atomic E-state index is 0.0458.